The van der Waals surface area contributed by atoms with Crippen LogP contribution < -0.4 is 5.32 Å². The molecule has 0 radical (unpaired) electrons. The van der Waals surface area contributed by atoms with E-state index in [9.17, 15) is 18.0 Å². The van der Waals surface area contributed by atoms with Gasteiger partial charge in [0.15, 0.2) is 0 Å². The number of ether oxygens (including phenoxy) is 1. The molecule has 1 fully saturated rings. The first-order valence-corrected chi connectivity index (χ1v) is 9.46. The van der Waals surface area contributed by atoms with Crippen molar-refractivity contribution in [2.24, 2.45) is 0 Å². The molecule has 0 aromatic heterocycles. The van der Waals surface area contributed by atoms with Crippen LogP contribution in [0.4, 0.5) is 18.9 Å². The van der Waals surface area contributed by atoms with Crippen molar-refractivity contribution < 1.29 is 22.7 Å². The van der Waals surface area contributed by atoms with Crippen LogP contribution in [0.2, 0.25) is 0 Å². The van der Waals surface area contributed by atoms with Crippen LogP contribution in [-0.4, -0.2) is 49.8 Å². The fourth-order valence-electron chi connectivity index (χ4n) is 3.12. The van der Waals surface area contributed by atoms with E-state index in [-0.39, 0.29) is 5.56 Å². The van der Waals surface area contributed by atoms with Crippen molar-refractivity contribution in [3.05, 3.63) is 71.8 Å². The van der Waals surface area contributed by atoms with E-state index < -0.39 is 17.7 Å². The van der Waals surface area contributed by atoms with Crippen molar-refractivity contribution in [1.29, 1.82) is 0 Å². The Labute approximate surface area is 168 Å². The number of rotatable bonds is 6. The van der Waals surface area contributed by atoms with E-state index in [4.69, 9.17) is 4.74 Å². The molecular weight excluding hydrogens is 381 g/mol. The smallest absolute Gasteiger partial charge is 0.379 e. The van der Waals surface area contributed by atoms with Crippen molar-refractivity contribution in [2.45, 2.75) is 12.6 Å². The predicted molar refractivity (Wildman–Crippen MR) is 107 cm³/mol. The minimum Gasteiger partial charge on any atom is -0.379 e. The molecule has 154 valence electrons. The molecule has 1 aliphatic heterocycles. The number of allylic oxidation sites excluding steroid dienone is 1. The Morgan fingerprint density at radius 2 is 1.69 bits per heavy atom. The molecule has 2 aromatic rings. The summed E-state index contributed by atoms with van der Waals surface area (Å²) < 4.78 is 45.3. The van der Waals surface area contributed by atoms with Gasteiger partial charge in [0, 0.05) is 31.4 Å². The van der Waals surface area contributed by atoms with E-state index in [1.807, 2.05) is 12.1 Å². The topological polar surface area (TPSA) is 41.6 Å². The Morgan fingerprint density at radius 1 is 1.03 bits per heavy atom. The first-order valence-electron chi connectivity index (χ1n) is 9.46. The van der Waals surface area contributed by atoms with Gasteiger partial charge in [0.2, 0.25) is 5.91 Å². The lowest BCUT2D eigenvalue weighted by Crippen LogP contribution is -2.37. The van der Waals surface area contributed by atoms with Crippen molar-refractivity contribution in [3.8, 4) is 0 Å². The highest BCUT2D eigenvalue weighted by molar-refractivity contribution is 6.04. The highest BCUT2D eigenvalue weighted by Crippen LogP contribution is 2.33. The van der Waals surface area contributed by atoms with Gasteiger partial charge in [-0.1, -0.05) is 42.5 Å². The minimum atomic E-state index is -4.62. The Bertz CT molecular complexity index is 827. The summed E-state index contributed by atoms with van der Waals surface area (Å²) in [6.07, 6.45) is -3.16. The number of carbonyl (C=O) groups is 1. The van der Waals surface area contributed by atoms with Crippen molar-refractivity contribution in [3.63, 3.8) is 0 Å². The maximum atomic E-state index is 13.3. The lowest BCUT2D eigenvalue weighted by atomic mass is 10.1. The Kier molecular flexibility index (Phi) is 7.06. The third kappa shape index (κ3) is 6.44. The average Bonchev–Trinajstić information content (AvgIpc) is 2.72. The van der Waals surface area contributed by atoms with Crippen LogP contribution in [0.1, 0.15) is 11.1 Å². The molecule has 0 aliphatic carbocycles. The molecule has 1 saturated heterocycles. The fraction of sp³-hybridized carbons (Fsp3) is 0.318. The summed E-state index contributed by atoms with van der Waals surface area (Å²) in [4.78, 5) is 14.5. The number of hydrogen-bond acceptors (Lipinski definition) is 3. The number of carbonyl (C=O) groups excluding carboxylic acids is 1. The van der Waals surface area contributed by atoms with Crippen molar-refractivity contribution in [2.75, 3.05) is 38.2 Å². The molecule has 4 nitrogen and oxygen atoms in total. The first-order chi connectivity index (χ1) is 13.9. The lowest BCUT2D eigenvalue weighted by molar-refractivity contribution is -0.112. The summed E-state index contributed by atoms with van der Waals surface area (Å²) >= 11 is 0. The molecule has 1 heterocycles. The van der Waals surface area contributed by atoms with E-state index in [1.54, 1.807) is 18.2 Å². The number of benzene rings is 2. The van der Waals surface area contributed by atoms with Gasteiger partial charge in [-0.2, -0.15) is 13.2 Å². The summed E-state index contributed by atoms with van der Waals surface area (Å²) in [5.41, 5.74) is 0.535. The molecule has 29 heavy (non-hydrogen) atoms. The Morgan fingerprint density at radius 3 is 2.31 bits per heavy atom. The maximum absolute atomic E-state index is 13.3. The van der Waals surface area contributed by atoms with Gasteiger partial charge in [-0.25, -0.2) is 0 Å². The van der Waals surface area contributed by atoms with Gasteiger partial charge < -0.3 is 10.1 Å². The number of anilines is 1. The molecule has 1 N–H and O–H groups in total. The SMILES string of the molecule is O=C(/C=C(\c1ccccc1)C(F)(F)F)Nc1ccc(CCN2CCOCC2)cc1. The van der Waals surface area contributed by atoms with E-state index in [1.165, 1.54) is 24.3 Å². The Hall–Kier alpha value is -2.64. The summed E-state index contributed by atoms with van der Waals surface area (Å²) in [5.74, 6) is -0.817. The van der Waals surface area contributed by atoms with Gasteiger partial charge in [-0.05, 0) is 29.7 Å². The van der Waals surface area contributed by atoms with Gasteiger partial charge in [0.1, 0.15) is 0 Å². The van der Waals surface area contributed by atoms with Crippen LogP contribution in [0.3, 0.4) is 0 Å². The van der Waals surface area contributed by atoms with Crippen LogP contribution in [0.5, 0.6) is 0 Å². The van der Waals surface area contributed by atoms with Gasteiger partial charge in [0.05, 0.1) is 18.8 Å². The quantitative estimate of drug-likeness (QED) is 0.736. The third-order valence-electron chi connectivity index (χ3n) is 4.71. The number of amides is 1. The number of nitrogens with one attached hydrogen (secondary N) is 1. The van der Waals surface area contributed by atoms with Crippen LogP contribution in [0.15, 0.2) is 60.7 Å². The second-order valence-electron chi connectivity index (χ2n) is 6.81. The number of hydrogen-bond donors (Lipinski definition) is 1. The number of morpholine rings is 1. The molecule has 0 unspecified atom stereocenters. The fourth-order valence-corrected chi connectivity index (χ4v) is 3.12. The molecule has 0 saturated carbocycles. The largest absolute Gasteiger partial charge is 0.417 e. The van der Waals surface area contributed by atoms with Crippen molar-refractivity contribution >= 4 is 17.2 Å². The number of nitrogens with zero attached hydrogens (tertiary/aromatic N) is 1. The monoisotopic (exact) mass is 404 g/mol. The van der Waals surface area contributed by atoms with E-state index in [2.05, 4.69) is 10.2 Å². The van der Waals surface area contributed by atoms with Crippen LogP contribution in [-0.2, 0) is 16.0 Å². The normalized spacial score (nSPS) is 15.9. The molecule has 3 rings (SSSR count). The first kappa shape index (κ1) is 21.1. The zero-order valence-electron chi connectivity index (χ0n) is 15.9. The lowest BCUT2D eigenvalue weighted by Gasteiger charge is -2.26. The Balaban J connectivity index is 1.61. The minimum absolute atomic E-state index is 0.0476. The van der Waals surface area contributed by atoms with E-state index in [0.29, 0.717) is 11.8 Å². The predicted octanol–water partition coefficient (Wildman–Crippen LogP) is 4.15. The van der Waals surface area contributed by atoms with Gasteiger partial charge in [-0.15, -0.1) is 0 Å². The summed E-state index contributed by atoms with van der Waals surface area (Å²) in [5, 5.41) is 2.50. The van der Waals surface area contributed by atoms with Crippen molar-refractivity contribution in [1.82, 2.24) is 4.90 Å². The second kappa shape index (κ2) is 9.71. The summed E-state index contributed by atoms with van der Waals surface area (Å²) in [6, 6.07) is 14.4. The molecule has 7 heteroatoms. The number of halogens is 3. The maximum Gasteiger partial charge on any atom is 0.417 e. The molecule has 0 spiro atoms. The standard InChI is InChI=1S/C22H23F3N2O2/c23-22(24,25)20(18-4-2-1-3-5-18)16-21(28)26-19-8-6-17(7-9-19)10-11-27-12-14-29-15-13-27/h1-9,16H,10-15H2,(H,26,28)/b20-16+. The average molecular weight is 404 g/mol. The summed E-state index contributed by atoms with van der Waals surface area (Å²) in [6.45, 7) is 4.26. The van der Waals surface area contributed by atoms with E-state index >= 15 is 0 Å². The molecule has 2 aromatic carbocycles. The second-order valence-corrected chi connectivity index (χ2v) is 6.81. The van der Waals surface area contributed by atoms with Crippen LogP contribution in [0, 0.1) is 0 Å². The highest BCUT2D eigenvalue weighted by atomic mass is 19.4. The molecule has 1 amide bonds. The van der Waals surface area contributed by atoms with Crippen LogP contribution >= 0.6 is 0 Å². The molecule has 1 aliphatic rings. The van der Waals surface area contributed by atoms with Gasteiger partial charge in [0.25, 0.3) is 0 Å². The van der Waals surface area contributed by atoms with Crippen LogP contribution in [0.25, 0.3) is 5.57 Å². The van der Waals surface area contributed by atoms with Gasteiger partial charge in [-0.3, -0.25) is 9.69 Å². The third-order valence-corrected chi connectivity index (χ3v) is 4.71. The summed E-state index contributed by atoms with van der Waals surface area (Å²) in [7, 11) is 0. The zero-order chi connectivity index (χ0) is 20.7. The molecule has 0 bridgehead atoms. The molecular formula is C22H23F3N2O2. The number of alkyl halides is 3. The highest BCUT2D eigenvalue weighted by Gasteiger charge is 2.35. The zero-order valence-corrected chi connectivity index (χ0v) is 15.9. The van der Waals surface area contributed by atoms with E-state index in [0.717, 1.165) is 44.8 Å². The van der Waals surface area contributed by atoms with Gasteiger partial charge >= 0.3 is 6.18 Å². The molecule has 0 atom stereocenters.